The maximum absolute atomic E-state index is 12.3. The molecule has 2 aliphatic rings. The molecule has 0 N–H and O–H groups in total. The van der Waals surface area contributed by atoms with Crippen LogP contribution in [-0.4, -0.2) is 122 Å². The fraction of sp³-hybridized carbons (Fsp3) is 0.714. The van der Waals surface area contributed by atoms with E-state index in [0.29, 0.717) is 0 Å². The van der Waals surface area contributed by atoms with E-state index in [0.717, 1.165) is 55.4 Å². The van der Waals surface area contributed by atoms with Gasteiger partial charge in [-0.2, -0.15) is 0 Å². The van der Waals surface area contributed by atoms with Gasteiger partial charge in [0.1, 0.15) is 31.5 Å². The fourth-order valence-electron chi connectivity index (χ4n) is 4.73. The molecule has 2 rings (SSSR count). The van der Waals surface area contributed by atoms with Crippen LogP contribution in [0.2, 0.25) is 0 Å². The van der Waals surface area contributed by atoms with E-state index in [1.165, 1.54) is 0 Å². The molecular formula is C28H38O19. The molecule has 0 spiro atoms. The average molecular weight is 679 g/mol. The van der Waals surface area contributed by atoms with Crippen molar-refractivity contribution in [1.29, 1.82) is 0 Å². The molecule has 2 fully saturated rings. The summed E-state index contributed by atoms with van der Waals surface area (Å²) < 4.78 is 60.2. The summed E-state index contributed by atoms with van der Waals surface area (Å²) in [6.45, 7) is 7.05. The predicted octanol–water partition coefficient (Wildman–Crippen LogP) is -0.831. The van der Waals surface area contributed by atoms with E-state index in [-0.39, 0.29) is 0 Å². The molecule has 0 bridgehead atoms. The smallest absolute Gasteiger partial charge is 0.305 e. The summed E-state index contributed by atoms with van der Waals surface area (Å²) in [6.07, 6.45) is -16.3. The SMILES string of the molecule is CC(=O)OCC1O[C@@H](O[C@H]2C(COC(C)=O)O[C@@H](OC(C)=O)[C@@H](OC(C)=O)[C@H]2OC(C)=O)[C@H](OC(C)=O)[C@@H](OC(C)=O)[C@@H]1OC(C)=O. The van der Waals surface area contributed by atoms with Crippen LogP contribution in [-0.2, 0) is 90.5 Å². The molecule has 0 aliphatic carbocycles. The molecule has 0 radical (unpaired) electrons. The Morgan fingerprint density at radius 3 is 1.11 bits per heavy atom. The van der Waals surface area contributed by atoms with Crippen LogP contribution in [0.1, 0.15) is 55.4 Å². The van der Waals surface area contributed by atoms with Crippen molar-refractivity contribution in [3.63, 3.8) is 0 Å². The van der Waals surface area contributed by atoms with E-state index in [2.05, 4.69) is 0 Å². The molecule has 2 unspecified atom stereocenters. The van der Waals surface area contributed by atoms with Gasteiger partial charge in [0, 0.05) is 55.4 Å². The topological polar surface area (TPSA) is 238 Å². The molecule has 0 saturated carbocycles. The van der Waals surface area contributed by atoms with Crippen molar-refractivity contribution in [2.45, 2.75) is 117 Å². The molecular weight excluding hydrogens is 640 g/mol. The number of hydrogen-bond acceptors (Lipinski definition) is 19. The Kier molecular flexibility index (Phi) is 14.5. The third-order valence-electron chi connectivity index (χ3n) is 6.17. The van der Waals surface area contributed by atoms with Gasteiger partial charge < -0.3 is 52.1 Å². The van der Waals surface area contributed by atoms with Gasteiger partial charge >= 0.3 is 47.8 Å². The van der Waals surface area contributed by atoms with Gasteiger partial charge in [0.2, 0.25) is 12.4 Å². The third-order valence-corrected chi connectivity index (χ3v) is 6.17. The highest BCUT2D eigenvalue weighted by Gasteiger charge is 2.58. The van der Waals surface area contributed by atoms with Gasteiger partial charge in [0.25, 0.3) is 0 Å². The van der Waals surface area contributed by atoms with Gasteiger partial charge in [0.15, 0.2) is 30.7 Å². The van der Waals surface area contributed by atoms with Crippen molar-refractivity contribution in [1.82, 2.24) is 0 Å². The Morgan fingerprint density at radius 1 is 0.383 bits per heavy atom. The minimum Gasteiger partial charge on any atom is -0.463 e. The maximum atomic E-state index is 12.3. The van der Waals surface area contributed by atoms with Gasteiger partial charge in [-0.15, -0.1) is 0 Å². The highest BCUT2D eigenvalue weighted by Crippen LogP contribution is 2.35. The Labute approximate surface area is 268 Å². The lowest BCUT2D eigenvalue weighted by Gasteiger charge is -2.48. The van der Waals surface area contributed by atoms with Gasteiger partial charge in [-0.1, -0.05) is 0 Å². The third kappa shape index (κ3) is 12.1. The lowest BCUT2D eigenvalue weighted by atomic mass is 9.96. The summed E-state index contributed by atoms with van der Waals surface area (Å²) in [5.74, 6) is -7.02. The molecule has 2 saturated heterocycles. The number of rotatable bonds is 12. The maximum Gasteiger partial charge on any atom is 0.305 e. The number of esters is 8. The molecule has 19 heteroatoms. The van der Waals surface area contributed by atoms with Crippen molar-refractivity contribution >= 4 is 47.8 Å². The molecule has 0 aromatic heterocycles. The molecule has 47 heavy (non-hydrogen) atoms. The van der Waals surface area contributed by atoms with E-state index >= 15 is 0 Å². The van der Waals surface area contributed by atoms with Crippen LogP contribution in [0.5, 0.6) is 0 Å². The number of carbonyl (C=O) groups is 8. The predicted molar refractivity (Wildman–Crippen MR) is 145 cm³/mol. The van der Waals surface area contributed by atoms with Gasteiger partial charge in [-0.05, 0) is 0 Å². The average Bonchev–Trinajstić information content (AvgIpc) is 2.91. The van der Waals surface area contributed by atoms with Crippen LogP contribution in [0, 0.1) is 0 Å². The summed E-state index contributed by atoms with van der Waals surface area (Å²) in [7, 11) is 0. The minimum atomic E-state index is -1.83. The van der Waals surface area contributed by atoms with Gasteiger partial charge in [0.05, 0.1) is 0 Å². The molecule has 2 heterocycles. The first-order valence-corrected chi connectivity index (χ1v) is 14.2. The zero-order valence-electron chi connectivity index (χ0n) is 26.9. The molecule has 19 nitrogen and oxygen atoms in total. The highest BCUT2D eigenvalue weighted by molar-refractivity contribution is 5.70. The first kappa shape index (κ1) is 38.8. The number of ether oxygens (including phenoxy) is 11. The monoisotopic (exact) mass is 678 g/mol. The first-order chi connectivity index (χ1) is 21.9. The summed E-state index contributed by atoms with van der Waals surface area (Å²) >= 11 is 0. The second-order valence-corrected chi connectivity index (χ2v) is 10.3. The Hall–Kier alpha value is -4.36. The summed E-state index contributed by atoms with van der Waals surface area (Å²) in [5.41, 5.74) is 0. The number of carbonyl (C=O) groups excluding carboxylic acids is 8. The van der Waals surface area contributed by atoms with Crippen molar-refractivity contribution in [2.75, 3.05) is 13.2 Å². The van der Waals surface area contributed by atoms with E-state index in [9.17, 15) is 38.4 Å². The minimum absolute atomic E-state index is 0.590. The summed E-state index contributed by atoms with van der Waals surface area (Å²) in [6, 6.07) is 0. The van der Waals surface area contributed by atoms with Gasteiger partial charge in [-0.25, -0.2) is 0 Å². The van der Waals surface area contributed by atoms with Crippen LogP contribution in [0.4, 0.5) is 0 Å². The van der Waals surface area contributed by atoms with Gasteiger partial charge in [-0.3, -0.25) is 38.4 Å². The largest absolute Gasteiger partial charge is 0.463 e. The van der Waals surface area contributed by atoms with E-state index in [4.69, 9.17) is 52.1 Å². The van der Waals surface area contributed by atoms with Crippen LogP contribution in [0.15, 0.2) is 0 Å². The van der Waals surface area contributed by atoms with Crippen molar-refractivity contribution in [2.24, 2.45) is 0 Å². The Balaban J connectivity index is 2.73. The summed E-state index contributed by atoms with van der Waals surface area (Å²) in [4.78, 5) is 96.3. The molecule has 10 atom stereocenters. The van der Waals surface area contributed by atoms with Crippen molar-refractivity contribution < 1.29 is 90.5 Å². The number of hydrogen-bond donors (Lipinski definition) is 0. The molecule has 0 aromatic rings. The zero-order chi connectivity index (χ0) is 35.6. The quantitative estimate of drug-likeness (QED) is 0.181. The molecule has 264 valence electrons. The fourth-order valence-corrected chi connectivity index (χ4v) is 4.73. The second kappa shape index (κ2) is 17.5. The van der Waals surface area contributed by atoms with Crippen LogP contribution in [0.3, 0.4) is 0 Å². The highest BCUT2D eigenvalue weighted by atomic mass is 16.8. The Bertz CT molecular complexity index is 1200. The van der Waals surface area contributed by atoms with Crippen LogP contribution < -0.4 is 0 Å². The zero-order valence-corrected chi connectivity index (χ0v) is 26.9. The standard InChI is InChI=1S/C28H38O19/c1-11(29)37-9-19-21(39-13(3)31)23(40-14(4)32)26(43-17(7)35)28(46-19)47-22-20(10-38-12(2)30)45-27(44-18(8)36)25(42-16(6)34)24(22)41-15(5)33/h19-28H,9-10H2,1-8H3/t19?,20?,21-,22+,23+,24+,25+,26-,27-,28+/m1/s1. The molecule has 0 aromatic carbocycles. The lowest BCUT2D eigenvalue weighted by Crippen LogP contribution is -2.67. The van der Waals surface area contributed by atoms with Crippen molar-refractivity contribution in [3.05, 3.63) is 0 Å². The lowest BCUT2D eigenvalue weighted by molar-refractivity contribution is -0.357. The normalized spacial score (nSPS) is 30.0. The first-order valence-electron chi connectivity index (χ1n) is 14.2. The van der Waals surface area contributed by atoms with Crippen molar-refractivity contribution in [3.8, 4) is 0 Å². The van der Waals surface area contributed by atoms with Crippen LogP contribution in [0.25, 0.3) is 0 Å². The Morgan fingerprint density at radius 2 is 0.702 bits per heavy atom. The van der Waals surface area contributed by atoms with E-state index in [1.54, 1.807) is 0 Å². The molecule has 0 amide bonds. The second-order valence-electron chi connectivity index (χ2n) is 10.3. The van der Waals surface area contributed by atoms with Crippen LogP contribution >= 0.6 is 0 Å². The summed E-state index contributed by atoms with van der Waals surface area (Å²) in [5, 5.41) is 0. The van der Waals surface area contributed by atoms with E-state index in [1.807, 2.05) is 0 Å². The molecule has 2 aliphatic heterocycles. The van der Waals surface area contributed by atoms with E-state index < -0.39 is 122 Å².